The van der Waals surface area contributed by atoms with Crippen molar-refractivity contribution in [2.75, 3.05) is 6.61 Å². The Morgan fingerprint density at radius 1 is 1.24 bits per heavy atom. The number of amides is 1. The molecule has 3 aromatic rings. The molecule has 7 heteroatoms. The van der Waals surface area contributed by atoms with E-state index in [1.165, 1.54) is 0 Å². The maximum absolute atomic E-state index is 11.9. The Labute approximate surface area is 169 Å². The molecule has 0 aliphatic heterocycles. The Morgan fingerprint density at radius 2 is 2.07 bits per heavy atom. The van der Waals surface area contributed by atoms with Gasteiger partial charge in [0.05, 0.1) is 19.1 Å². The third kappa shape index (κ3) is 5.57. The van der Waals surface area contributed by atoms with Crippen LogP contribution in [0.4, 0.5) is 4.79 Å². The Morgan fingerprint density at radius 3 is 2.83 bits per heavy atom. The van der Waals surface area contributed by atoms with E-state index in [0.717, 1.165) is 11.1 Å². The first-order chi connectivity index (χ1) is 13.9. The van der Waals surface area contributed by atoms with Crippen molar-refractivity contribution in [3.63, 3.8) is 0 Å². The Hall–Kier alpha value is -3.35. The molecule has 29 heavy (non-hydrogen) atoms. The summed E-state index contributed by atoms with van der Waals surface area (Å²) in [6.45, 7) is 8.31. The van der Waals surface area contributed by atoms with E-state index in [0.29, 0.717) is 35.8 Å². The second kappa shape index (κ2) is 8.77. The van der Waals surface area contributed by atoms with Gasteiger partial charge in [-0.25, -0.2) is 14.8 Å². The lowest BCUT2D eigenvalue weighted by Gasteiger charge is -2.19. The molecule has 0 saturated carbocycles. The van der Waals surface area contributed by atoms with Crippen LogP contribution < -0.4 is 5.32 Å². The molecule has 3 rings (SSSR count). The SMILES string of the molecule is CCOC=Cc1nc(-c2cccc(CNC(=O)OC(C)(C)C)c2)c2occc2n1. The number of fused-ring (bicyclic) bond motifs is 1. The van der Waals surface area contributed by atoms with E-state index in [4.69, 9.17) is 13.9 Å². The lowest BCUT2D eigenvalue weighted by molar-refractivity contribution is 0.0523. The average molecular weight is 395 g/mol. The van der Waals surface area contributed by atoms with E-state index in [2.05, 4.69) is 15.3 Å². The minimum Gasteiger partial charge on any atom is -0.501 e. The number of carbonyl (C=O) groups is 1. The molecule has 1 aromatic carbocycles. The van der Waals surface area contributed by atoms with Crippen LogP contribution >= 0.6 is 0 Å². The number of nitrogens with zero attached hydrogens (tertiary/aromatic N) is 2. The van der Waals surface area contributed by atoms with Gasteiger partial charge in [0.15, 0.2) is 11.4 Å². The highest BCUT2D eigenvalue weighted by atomic mass is 16.6. The molecule has 0 atom stereocenters. The van der Waals surface area contributed by atoms with Crippen molar-refractivity contribution in [3.8, 4) is 11.3 Å². The van der Waals surface area contributed by atoms with Gasteiger partial charge in [0.1, 0.15) is 16.8 Å². The minimum atomic E-state index is -0.538. The van der Waals surface area contributed by atoms with E-state index in [1.807, 2.05) is 52.0 Å². The van der Waals surface area contributed by atoms with Gasteiger partial charge >= 0.3 is 6.09 Å². The number of ether oxygens (including phenoxy) is 2. The second-order valence-electron chi connectivity index (χ2n) is 7.38. The monoisotopic (exact) mass is 395 g/mol. The quantitative estimate of drug-likeness (QED) is 0.596. The predicted octanol–water partition coefficient (Wildman–Crippen LogP) is 4.92. The third-order valence-corrected chi connectivity index (χ3v) is 3.84. The van der Waals surface area contributed by atoms with Crippen LogP contribution in [0.1, 0.15) is 39.1 Å². The van der Waals surface area contributed by atoms with Crippen molar-refractivity contribution in [1.29, 1.82) is 0 Å². The van der Waals surface area contributed by atoms with Crippen LogP contribution in [-0.2, 0) is 16.0 Å². The third-order valence-electron chi connectivity index (χ3n) is 3.84. The molecule has 2 aromatic heterocycles. The number of hydrogen-bond acceptors (Lipinski definition) is 6. The number of nitrogens with one attached hydrogen (secondary N) is 1. The number of aromatic nitrogens is 2. The number of rotatable bonds is 6. The van der Waals surface area contributed by atoms with Crippen molar-refractivity contribution < 1.29 is 18.7 Å². The van der Waals surface area contributed by atoms with Gasteiger partial charge < -0.3 is 19.2 Å². The largest absolute Gasteiger partial charge is 0.501 e. The highest BCUT2D eigenvalue weighted by molar-refractivity contribution is 5.88. The van der Waals surface area contributed by atoms with Gasteiger partial charge in [0.2, 0.25) is 0 Å². The van der Waals surface area contributed by atoms with E-state index in [-0.39, 0.29) is 0 Å². The number of alkyl carbamates (subject to hydrolysis) is 1. The van der Waals surface area contributed by atoms with Gasteiger partial charge in [-0.15, -0.1) is 0 Å². The van der Waals surface area contributed by atoms with Crippen LogP contribution in [0, 0.1) is 0 Å². The summed E-state index contributed by atoms with van der Waals surface area (Å²) in [5, 5.41) is 2.77. The summed E-state index contributed by atoms with van der Waals surface area (Å²) >= 11 is 0. The van der Waals surface area contributed by atoms with Gasteiger partial charge in [-0.1, -0.05) is 18.2 Å². The maximum Gasteiger partial charge on any atom is 0.407 e. The predicted molar refractivity (Wildman–Crippen MR) is 111 cm³/mol. The van der Waals surface area contributed by atoms with Crippen LogP contribution in [0.2, 0.25) is 0 Å². The first kappa shape index (κ1) is 20.4. The number of benzene rings is 1. The summed E-state index contributed by atoms with van der Waals surface area (Å²) in [4.78, 5) is 21.0. The van der Waals surface area contributed by atoms with Gasteiger partial charge in [-0.05, 0) is 39.3 Å². The standard InChI is InChI=1S/C22H25N3O4/c1-5-27-11-10-18-24-17-9-12-28-20(17)19(25-18)16-8-6-7-15(13-16)14-23-21(26)29-22(2,3)4/h6-13H,5,14H2,1-4H3,(H,23,26). The van der Waals surface area contributed by atoms with Crippen LogP contribution in [0.25, 0.3) is 28.4 Å². The normalized spacial score (nSPS) is 11.7. The fourth-order valence-corrected chi connectivity index (χ4v) is 2.67. The summed E-state index contributed by atoms with van der Waals surface area (Å²) in [5.41, 5.74) is 3.23. The van der Waals surface area contributed by atoms with E-state index in [1.54, 1.807) is 24.7 Å². The molecular weight excluding hydrogens is 370 g/mol. The molecular formula is C22H25N3O4. The molecule has 0 spiro atoms. The molecule has 0 bridgehead atoms. The summed E-state index contributed by atoms with van der Waals surface area (Å²) in [7, 11) is 0. The van der Waals surface area contributed by atoms with Crippen LogP contribution in [0.3, 0.4) is 0 Å². The summed E-state index contributed by atoms with van der Waals surface area (Å²) in [6.07, 6.45) is 4.42. The molecule has 1 amide bonds. The van der Waals surface area contributed by atoms with Gasteiger partial charge in [-0.3, -0.25) is 0 Å². The lowest BCUT2D eigenvalue weighted by Crippen LogP contribution is -2.32. The molecule has 0 unspecified atom stereocenters. The molecule has 152 valence electrons. The van der Waals surface area contributed by atoms with E-state index < -0.39 is 11.7 Å². The Balaban J connectivity index is 1.85. The van der Waals surface area contributed by atoms with Gasteiger partial charge in [0, 0.05) is 24.3 Å². The Kier molecular flexibility index (Phi) is 6.16. The van der Waals surface area contributed by atoms with Gasteiger partial charge in [0.25, 0.3) is 0 Å². The first-order valence-electron chi connectivity index (χ1n) is 9.45. The Bertz CT molecular complexity index is 1020. The molecule has 0 aliphatic carbocycles. The summed E-state index contributed by atoms with van der Waals surface area (Å²) in [6, 6.07) is 9.53. The van der Waals surface area contributed by atoms with E-state index >= 15 is 0 Å². The fourth-order valence-electron chi connectivity index (χ4n) is 2.67. The lowest BCUT2D eigenvalue weighted by atomic mass is 10.1. The molecule has 0 fully saturated rings. The molecule has 7 nitrogen and oxygen atoms in total. The smallest absolute Gasteiger partial charge is 0.407 e. The molecule has 1 N–H and O–H groups in total. The fraction of sp³-hybridized carbons (Fsp3) is 0.318. The van der Waals surface area contributed by atoms with Crippen LogP contribution in [0.5, 0.6) is 0 Å². The van der Waals surface area contributed by atoms with Crippen molar-refractivity contribution in [1.82, 2.24) is 15.3 Å². The maximum atomic E-state index is 11.9. The second-order valence-corrected chi connectivity index (χ2v) is 7.38. The van der Waals surface area contributed by atoms with Crippen molar-refractivity contribution in [2.24, 2.45) is 0 Å². The first-order valence-corrected chi connectivity index (χ1v) is 9.45. The van der Waals surface area contributed by atoms with Crippen LogP contribution in [0.15, 0.2) is 47.3 Å². The molecule has 0 aliphatic rings. The topological polar surface area (TPSA) is 86.5 Å². The number of hydrogen-bond donors (Lipinski definition) is 1. The van der Waals surface area contributed by atoms with E-state index in [9.17, 15) is 4.79 Å². The zero-order valence-electron chi connectivity index (χ0n) is 17.1. The average Bonchev–Trinajstić information content (AvgIpc) is 3.13. The minimum absolute atomic E-state index is 0.340. The summed E-state index contributed by atoms with van der Waals surface area (Å²) < 4.78 is 16.1. The highest BCUT2D eigenvalue weighted by Crippen LogP contribution is 2.28. The number of furan rings is 1. The highest BCUT2D eigenvalue weighted by Gasteiger charge is 2.16. The zero-order chi connectivity index (χ0) is 20.9. The van der Waals surface area contributed by atoms with Crippen molar-refractivity contribution in [3.05, 3.63) is 54.2 Å². The van der Waals surface area contributed by atoms with Gasteiger partial charge in [-0.2, -0.15) is 0 Å². The van der Waals surface area contributed by atoms with Crippen molar-refractivity contribution in [2.45, 2.75) is 39.8 Å². The molecule has 2 heterocycles. The van der Waals surface area contributed by atoms with Crippen molar-refractivity contribution >= 4 is 23.3 Å². The van der Waals surface area contributed by atoms with Crippen LogP contribution in [-0.4, -0.2) is 28.3 Å². The number of carbonyl (C=O) groups excluding carboxylic acids is 1. The molecule has 0 saturated heterocycles. The summed E-state index contributed by atoms with van der Waals surface area (Å²) in [5.74, 6) is 0.527. The molecule has 0 radical (unpaired) electrons. The zero-order valence-corrected chi connectivity index (χ0v) is 17.1.